The Kier molecular flexibility index (Phi) is 1.78. The Morgan fingerprint density at radius 3 is 2.60 bits per heavy atom. The third-order valence-electron chi connectivity index (χ3n) is 2.14. The fourth-order valence-electron chi connectivity index (χ4n) is 1.39. The third-order valence-corrected chi connectivity index (χ3v) is 2.14. The maximum absolute atomic E-state index is 11.4. The van der Waals surface area contributed by atoms with Gasteiger partial charge >= 0.3 is 17.3 Å². The molecule has 0 saturated heterocycles. The van der Waals surface area contributed by atoms with Gasteiger partial charge in [0.05, 0.1) is 0 Å². The average Bonchev–Trinajstić information content (AvgIpc) is 2.58. The van der Waals surface area contributed by atoms with Crippen molar-refractivity contribution in [1.82, 2.24) is 19.5 Å². The molecule has 0 bridgehead atoms. The molecule has 1 unspecified atom stereocenters. The SMILES string of the molecule is CC(C(=O)O)n1c(=O)[nH]c2[nH]c(=O)[nH]c21. The molecule has 8 nitrogen and oxygen atoms in total. The van der Waals surface area contributed by atoms with Crippen LogP contribution in [0.1, 0.15) is 13.0 Å². The summed E-state index contributed by atoms with van der Waals surface area (Å²) in [5, 5.41) is 8.77. The number of carboxylic acids is 1. The molecule has 0 fully saturated rings. The van der Waals surface area contributed by atoms with Crippen molar-refractivity contribution >= 4 is 17.3 Å². The molecule has 0 saturated carbocycles. The zero-order chi connectivity index (χ0) is 11.2. The molecule has 2 rings (SSSR count). The van der Waals surface area contributed by atoms with Crippen LogP contribution in [-0.2, 0) is 4.79 Å². The van der Waals surface area contributed by atoms with Crippen LogP contribution in [0.5, 0.6) is 0 Å². The highest BCUT2D eigenvalue weighted by atomic mass is 16.4. The summed E-state index contributed by atoms with van der Waals surface area (Å²) in [6.07, 6.45) is 0. The van der Waals surface area contributed by atoms with Gasteiger partial charge in [-0.05, 0) is 6.92 Å². The Hall–Kier alpha value is -2.25. The number of H-pyrrole nitrogens is 3. The van der Waals surface area contributed by atoms with Crippen LogP contribution in [0.4, 0.5) is 0 Å². The lowest BCUT2D eigenvalue weighted by atomic mass is 10.3. The van der Waals surface area contributed by atoms with E-state index in [1.807, 2.05) is 0 Å². The Labute approximate surface area is 81.6 Å². The first-order valence-corrected chi connectivity index (χ1v) is 4.16. The minimum atomic E-state index is -1.15. The Bertz CT molecular complexity index is 627. The predicted octanol–water partition coefficient (Wildman–Crippen LogP) is -1.01. The Balaban J connectivity index is 2.77. The summed E-state index contributed by atoms with van der Waals surface area (Å²) in [5.41, 5.74) is -0.733. The van der Waals surface area contributed by atoms with E-state index in [4.69, 9.17) is 5.11 Å². The predicted molar refractivity (Wildman–Crippen MR) is 49.9 cm³/mol. The van der Waals surface area contributed by atoms with Crippen molar-refractivity contribution in [2.24, 2.45) is 0 Å². The quantitative estimate of drug-likeness (QED) is 0.509. The monoisotopic (exact) mass is 212 g/mol. The average molecular weight is 212 g/mol. The summed E-state index contributed by atoms with van der Waals surface area (Å²) in [7, 11) is 0. The molecule has 4 N–H and O–H groups in total. The summed E-state index contributed by atoms with van der Waals surface area (Å²) < 4.78 is 0.968. The van der Waals surface area contributed by atoms with E-state index in [0.717, 1.165) is 4.57 Å². The topological polar surface area (TPSA) is 124 Å². The van der Waals surface area contributed by atoms with Gasteiger partial charge in [0.15, 0.2) is 11.3 Å². The number of aromatic amines is 3. The Morgan fingerprint density at radius 1 is 1.33 bits per heavy atom. The lowest BCUT2D eigenvalue weighted by molar-refractivity contribution is -0.140. The first-order valence-electron chi connectivity index (χ1n) is 4.16. The number of aromatic nitrogens is 4. The van der Waals surface area contributed by atoms with Gasteiger partial charge in [-0.3, -0.25) is 19.5 Å². The number of fused-ring (bicyclic) bond motifs is 1. The summed E-state index contributed by atoms with van der Waals surface area (Å²) in [6, 6.07) is -1.04. The molecule has 0 aromatic carbocycles. The summed E-state index contributed by atoms with van der Waals surface area (Å²) in [4.78, 5) is 40.0. The Morgan fingerprint density at radius 2 is 2.00 bits per heavy atom. The van der Waals surface area contributed by atoms with E-state index >= 15 is 0 Å². The van der Waals surface area contributed by atoms with Crippen molar-refractivity contribution in [2.75, 3.05) is 0 Å². The van der Waals surface area contributed by atoms with Crippen LogP contribution in [-0.4, -0.2) is 30.6 Å². The summed E-state index contributed by atoms with van der Waals surface area (Å²) >= 11 is 0. The molecule has 0 aliphatic carbocycles. The van der Waals surface area contributed by atoms with Crippen LogP contribution in [0.25, 0.3) is 11.3 Å². The maximum Gasteiger partial charge on any atom is 0.329 e. The standard InChI is InChI=1S/C7H8N4O4/c1-2(5(12)13)11-4-3(9-7(11)15)8-6(14)10-4/h2H,1H3,(H,9,15)(H,12,13)(H2,8,10,14). The van der Waals surface area contributed by atoms with Crippen LogP contribution in [0, 0.1) is 0 Å². The van der Waals surface area contributed by atoms with E-state index in [0.29, 0.717) is 0 Å². The normalized spacial score (nSPS) is 13.1. The number of aliphatic carboxylic acids is 1. The van der Waals surface area contributed by atoms with Gasteiger partial charge in [0.1, 0.15) is 6.04 Å². The molecule has 15 heavy (non-hydrogen) atoms. The highest BCUT2D eigenvalue weighted by molar-refractivity contribution is 5.75. The molecular formula is C7H8N4O4. The van der Waals surface area contributed by atoms with E-state index < -0.39 is 23.4 Å². The fourth-order valence-corrected chi connectivity index (χ4v) is 1.39. The van der Waals surface area contributed by atoms with Gasteiger partial charge in [-0.1, -0.05) is 0 Å². The molecule has 0 spiro atoms. The molecule has 0 aliphatic rings. The van der Waals surface area contributed by atoms with Gasteiger partial charge in [-0.15, -0.1) is 0 Å². The maximum atomic E-state index is 11.4. The second-order valence-electron chi connectivity index (χ2n) is 3.12. The smallest absolute Gasteiger partial charge is 0.329 e. The van der Waals surface area contributed by atoms with Gasteiger partial charge in [0.25, 0.3) is 0 Å². The van der Waals surface area contributed by atoms with Crippen molar-refractivity contribution in [1.29, 1.82) is 0 Å². The summed E-state index contributed by atoms with van der Waals surface area (Å²) in [6.45, 7) is 1.35. The number of nitrogens with zero attached hydrogens (tertiary/aromatic N) is 1. The molecule has 8 heteroatoms. The summed E-state index contributed by atoms with van der Waals surface area (Å²) in [5.74, 6) is -1.15. The van der Waals surface area contributed by atoms with Crippen molar-refractivity contribution in [3.8, 4) is 0 Å². The number of carboxylic acid groups (broad SMARTS) is 1. The van der Waals surface area contributed by atoms with Gasteiger partial charge in [-0.25, -0.2) is 14.4 Å². The highest BCUT2D eigenvalue weighted by Gasteiger charge is 2.20. The first kappa shape index (κ1) is 9.31. The first-order chi connectivity index (χ1) is 7.00. The largest absolute Gasteiger partial charge is 0.480 e. The van der Waals surface area contributed by atoms with Crippen LogP contribution in [0.2, 0.25) is 0 Å². The van der Waals surface area contributed by atoms with Crippen LogP contribution in [0.3, 0.4) is 0 Å². The zero-order valence-electron chi connectivity index (χ0n) is 7.70. The van der Waals surface area contributed by atoms with E-state index in [2.05, 4.69) is 15.0 Å². The van der Waals surface area contributed by atoms with Gasteiger partial charge < -0.3 is 5.11 Å². The van der Waals surface area contributed by atoms with Crippen molar-refractivity contribution in [3.63, 3.8) is 0 Å². The molecule has 2 aromatic heterocycles. The fraction of sp³-hybridized carbons (Fsp3) is 0.286. The van der Waals surface area contributed by atoms with E-state index in [1.165, 1.54) is 6.92 Å². The second kappa shape index (κ2) is 2.87. The number of imidazole rings is 2. The van der Waals surface area contributed by atoms with Crippen molar-refractivity contribution in [2.45, 2.75) is 13.0 Å². The number of hydrogen-bond donors (Lipinski definition) is 4. The lowest BCUT2D eigenvalue weighted by Crippen LogP contribution is -2.26. The minimum Gasteiger partial charge on any atom is -0.480 e. The molecule has 2 aromatic rings. The zero-order valence-corrected chi connectivity index (χ0v) is 7.70. The molecule has 2 heterocycles. The molecule has 1 atom stereocenters. The highest BCUT2D eigenvalue weighted by Crippen LogP contribution is 2.08. The lowest BCUT2D eigenvalue weighted by Gasteiger charge is -2.05. The van der Waals surface area contributed by atoms with E-state index in [-0.39, 0.29) is 11.3 Å². The molecule has 0 amide bonds. The van der Waals surface area contributed by atoms with Gasteiger partial charge in [0.2, 0.25) is 0 Å². The van der Waals surface area contributed by atoms with E-state index in [1.54, 1.807) is 0 Å². The number of rotatable bonds is 2. The van der Waals surface area contributed by atoms with E-state index in [9.17, 15) is 14.4 Å². The van der Waals surface area contributed by atoms with Crippen LogP contribution < -0.4 is 11.4 Å². The van der Waals surface area contributed by atoms with Crippen molar-refractivity contribution < 1.29 is 9.90 Å². The molecule has 0 radical (unpaired) electrons. The second-order valence-corrected chi connectivity index (χ2v) is 3.12. The van der Waals surface area contributed by atoms with Crippen LogP contribution in [0.15, 0.2) is 9.59 Å². The van der Waals surface area contributed by atoms with Gasteiger partial charge in [0, 0.05) is 0 Å². The number of hydrogen-bond acceptors (Lipinski definition) is 3. The van der Waals surface area contributed by atoms with Gasteiger partial charge in [-0.2, -0.15) is 0 Å². The number of carbonyl (C=O) groups is 1. The minimum absolute atomic E-state index is 0.153. The third kappa shape index (κ3) is 1.26. The number of nitrogens with one attached hydrogen (secondary N) is 3. The molecular weight excluding hydrogens is 204 g/mol. The molecule has 0 aliphatic heterocycles. The van der Waals surface area contributed by atoms with Crippen molar-refractivity contribution in [3.05, 3.63) is 21.0 Å². The molecule has 80 valence electrons. The van der Waals surface area contributed by atoms with Crippen LogP contribution >= 0.6 is 0 Å².